The first-order valence-electron chi connectivity index (χ1n) is 20.4. The third-order valence-electron chi connectivity index (χ3n) is 14.2. The Bertz CT molecular complexity index is 1510. The van der Waals surface area contributed by atoms with E-state index < -0.39 is 73.1 Å². The Labute approximate surface area is 325 Å². The summed E-state index contributed by atoms with van der Waals surface area (Å²) in [6.45, 7) is 11.9. The molecule has 6 aliphatic rings. The predicted molar refractivity (Wildman–Crippen MR) is 198 cm³/mol. The number of furan rings is 1. The third-order valence-corrected chi connectivity index (χ3v) is 14.2. The number of aliphatic hydroxyl groups excluding tert-OH is 2. The van der Waals surface area contributed by atoms with Crippen LogP contribution in [0.1, 0.15) is 97.3 Å². The van der Waals surface area contributed by atoms with Gasteiger partial charge in [-0.3, -0.25) is 4.79 Å². The van der Waals surface area contributed by atoms with Gasteiger partial charge in [0.2, 0.25) is 0 Å². The Kier molecular flexibility index (Phi) is 12.4. The van der Waals surface area contributed by atoms with Crippen molar-refractivity contribution in [3.05, 3.63) is 35.3 Å². The smallest absolute Gasteiger partial charge is 0.161 e. The maximum absolute atomic E-state index is 14.1. The number of allylic oxidation sites excluding steroid dienone is 1. The van der Waals surface area contributed by atoms with E-state index in [2.05, 4.69) is 19.9 Å². The van der Waals surface area contributed by atoms with Crippen molar-refractivity contribution >= 4 is 5.78 Å². The first kappa shape index (κ1) is 41.4. The molecule has 2 N–H and O–H groups in total. The summed E-state index contributed by atoms with van der Waals surface area (Å²) >= 11 is 0. The van der Waals surface area contributed by atoms with Crippen molar-refractivity contribution in [3.63, 3.8) is 0 Å². The van der Waals surface area contributed by atoms with E-state index in [4.69, 9.17) is 47.0 Å². The SMILES string of the molecule is CO[C@H]1C[C@H](O[C@@H]2[C@H](C)O[C@@H](O[C@H]3[C@@H](OC)C[C@H](O[C@@H]4CC5=CC[C@H]6C(=O)[C@](C)(c7ccoc7C)CC[C@@H]6[C@@]5(C)C[C@H]4O)O[C@@H]3C)C[C@@H]2OC)O[C@H](C)[C@H]1O. The molecule has 13 heteroatoms. The standard InChI is InChI=1S/C42H64O13/c1-21-27(13-15-49-21)41(5)14-12-28-26(40(41)45)11-10-25-16-30(29(43)20-42(25,28)6)53-34-18-32(47-8)38(23(3)51-34)55-36-19-33(48-9)39(24(4)52-36)54-35-17-31(46-7)37(44)22(2)50-35/h10,13,15,22-24,26,28-39,43-44H,11-12,14,16-20H2,1-9H3/t22-,23-,24+,26-,28+,29-,30-,31+,32+,33+,34+,35+,36+,37-,38-,39-,41+,42+/m1/s1. The Balaban J connectivity index is 0.949. The van der Waals surface area contributed by atoms with Crippen LogP contribution in [-0.4, -0.2) is 123 Å². The predicted octanol–water partition coefficient (Wildman–Crippen LogP) is 4.90. The summed E-state index contributed by atoms with van der Waals surface area (Å²) in [5, 5.41) is 22.0. The largest absolute Gasteiger partial charge is 0.469 e. The van der Waals surface area contributed by atoms with Crippen LogP contribution in [0.3, 0.4) is 0 Å². The maximum Gasteiger partial charge on any atom is 0.161 e. The van der Waals surface area contributed by atoms with Gasteiger partial charge < -0.3 is 57.3 Å². The molecule has 0 aromatic carbocycles. The van der Waals surface area contributed by atoms with E-state index in [1.165, 1.54) is 5.57 Å². The number of methoxy groups -OCH3 is 3. The van der Waals surface area contributed by atoms with Gasteiger partial charge in [0.1, 0.15) is 29.9 Å². The summed E-state index contributed by atoms with van der Waals surface area (Å²) in [5.41, 5.74) is 1.43. The molecule has 18 atom stereocenters. The van der Waals surface area contributed by atoms with Crippen molar-refractivity contribution in [3.8, 4) is 0 Å². The lowest BCUT2D eigenvalue weighted by atomic mass is 9.49. The molecule has 0 amide bonds. The lowest BCUT2D eigenvalue weighted by Crippen LogP contribution is -2.57. The molecule has 7 rings (SSSR count). The average Bonchev–Trinajstić information content (AvgIpc) is 3.59. The van der Waals surface area contributed by atoms with E-state index in [-0.39, 0.29) is 41.3 Å². The molecule has 5 fully saturated rings. The van der Waals surface area contributed by atoms with Crippen LogP contribution in [0.5, 0.6) is 0 Å². The maximum atomic E-state index is 14.1. The molecule has 3 saturated heterocycles. The average molecular weight is 777 g/mol. The van der Waals surface area contributed by atoms with Gasteiger partial charge in [0.25, 0.3) is 0 Å². The first-order valence-corrected chi connectivity index (χ1v) is 20.4. The second-order valence-corrected chi connectivity index (χ2v) is 17.4. The lowest BCUT2D eigenvalue weighted by molar-refractivity contribution is -0.339. The van der Waals surface area contributed by atoms with Crippen LogP contribution in [0, 0.1) is 24.2 Å². The van der Waals surface area contributed by atoms with Crippen LogP contribution >= 0.6 is 0 Å². The van der Waals surface area contributed by atoms with Gasteiger partial charge in [-0.15, -0.1) is 0 Å². The highest BCUT2D eigenvalue weighted by atomic mass is 16.7. The molecule has 3 aliphatic heterocycles. The molecular formula is C42H64O13. The summed E-state index contributed by atoms with van der Waals surface area (Å²) in [7, 11) is 4.88. The number of hydrogen-bond donors (Lipinski definition) is 2. The third kappa shape index (κ3) is 7.78. The molecule has 0 unspecified atom stereocenters. The fourth-order valence-electron chi connectivity index (χ4n) is 10.9. The molecule has 3 aliphatic carbocycles. The van der Waals surface area contributed by atoms with Crippen LogP contribution in [0.2, 0.25) is 0 Å². The summed E-state index contributed by atoms with van der Waals surface area (Å²) in [5.74, 6) is 1.18. The molecule has 4 heterocycles. The van der Waals surface area contributed by atoms with E-state index in [1.807, 2.05) is 26.8 Å². The number of aryl methyl sites for hydroxylation is 1. The number of rotatable bonds is 10. The summed E-state index contributed by atoms with van der Waals surface area (Å²) in [6, 6.07) is 1.95. The van der Waals surface area contributed by atoms with Crippen molar-refractivity contribution in [2.75, 3.05) is 21.3 Å². The van der Waals surface area contributed by atoms with E-state index in [0.717, 1.165) is 24.2 Å². The van der Waals surface area contributed by atoms with Gasteiger partial charge in [-0.2, -0.15) is 0 Å². The van der Waals surface area contributed by atoms with Crippen molar-refractivity contribution < 1.29 is 62.1 Å². The lowest BCUT2D eigenvalue weighted by Gasteiger charge is -2.55. The minimum absolute atomic E-state index is 0.0875. The number of carbonyl (C=O) groups is 1. The second kappa shape index (κ2) is 16.5. The number of aliphatic hydroxyl groups is 2. The van der Waals surface area contributed by atoms with Gasteiger partial charge in [0, 0.05) is 52.1 Å². The van der Waals surface area contributed by atoms with Crippen molar-refractivity contribution in [1.82, 2.24) is 0 Å². The van der Waals surface area contributed by atoms with Crippen LogP contribution in [0.15, 0.2) is 28.4 Å². The number of carbonyl (C=O) groups excluding carboxylic acids is 1. The molecular weight excluding hydrogens is 712 g/mol. The molecule has 1 aromatic rings. The van der Waals surface area contributed by atoms with Crippen LogP contribution < -0.4 is 0 Å². The van der Waals surface area contributed by atoms with Crippen LogP contribution in [-0.2, 0) is 52.8 Å². The Morgan fingerprint density at radius 1 is 0.782 bits per heavy atom. The van der Waals surface area contributed by atoms with Gasteiger partial charge in [0.15, 0.2) is 18.9 Å². The highest BCUT2D eigenvalue weighted by Crippen LogP contribution is 2.59. The normalized spacial score (nSPS) is 47.8. The molecule has 0 spiro atoms. The van der Waals surface area contributed by atoms with Gasteiger partial charge >= 0.3 is 0 Å². The topological polar surface area (TPSA) is 154 Å². The van der Waals surface area contributed by atoms with Gasteiger partial charge in [0.05, 0.1) is 60.5 Å². The zero-order valence-corrected chi connectivity index (χ0v) is 34.0. The molecule has 55 heavy (non-hydrogen) atoms. The molecule has 1 aromatic heterocycles. The van der Waals surface area contributed by atoms with Gasteiger partial charge in [-0.1, -0.05) is 18.6 Å². The van der Waals surface area contributed by atoms with Crippen molar-refractivity contribution in [2.24, 2.45) is 17.3 Å². The summed E-state index contributed by atoms with van der Waals surface area (Å²) < 4.78 is 61.1. The number of ketones is 1. The summed E-state index contributed by atoms with van der Waals surface area (Å²) in [4.78, 5) is 14.1. The molecule has 0 bridgehead atoms. The number of hydrogen-bond acceptors (Lipinski definition) is 13. The van der Waals surface area contributed by atoms with Crippen LogP contribution in [0.25, 0.3) is 0 Å². The van der Waals surface area contributed by atoms with Crippen LogP contribution in [0.4, 0.5) is 0 Å². The number of Topliss-reactive ketones (excluding diaryl/α,β-unsaturated/α-hetero) is 1. The Hall–Kier alpha value is -1.75. The zero-order valence-electron chi connectivity index (χ0n) is 34.0. The second-order valence-electron chi connectivity index (χ2n) is 17.4. The highest BCUT2D eigenvalue weighted by molar-refractivity contribution is 5.93. The Morgan fingerprint density at radius 3 is 1.91 bits per heavy atom. The summed E-state index contributed by atoms with van der Waals surface area (Å²) in [6.07, 6.45) is 1.84. The van der Waals surface area contributed by atoms with E-state index in [9.17, 15) is 15.0 Å². The van der Waals surface area contributed by atoms with Crippen molar-refractivity contribution in [1.29, 1.82) is 0 Å². The van der Waals surface area contributed by atoms with E-state index in [1.54, 1.807) is 34.5 Å². The molecule has 2 saturated carbocycles. The van der Waals surface area contributed by atoms with E-state index in [0.29, 0.717) is 38.5 Å². The Morgan fingerprint density at radius 2 is 1.35 bits per heavy atom. The van der Waals surface area contributed by atoms with Crippen molar-refractivity contribution in [2.45, 2.75) is 184 Å². The first-order chi connectivity index (χ1) is 26.2. The molecule has 13 nitrogen and oxygen atoms in total. The van der Waals surface area contributed by atoms with E-state index >= 15 is 0 Å². The molecule has 310 valence electrons. The highest BCUT2D eigenvalue weighted by Gasteiger charge is 2.57. The fraction of sp³-hybridized carbons (Fsp3) is 0.833. The quantitative estimate of drug-likeness (QED) is 0.310. The minimum atomic E-state index is -0.731. The number of ether oxygens (including phenoxy) is 9. The number of fused-ring (bicyclic) bond motifs is 3. The minimum Gasteiger partial charge on any atom is -0.469 e. The molecule has 0 radical (unpaired) electrons. The monoisotopic (exact) mass is 776 g/mol. The van der Waals surface area contributed by atoms with Gasteiger partial charge in [-0.25, -0.2) is 0 Å². The fourth-order valence-corrected chi connectivity index (χ4v) is 10.9. The van der Waals surface area contributed by atoms with Gasteiger partial charge in [-0.05, 0) is 84.1 Å². The zero-order chi connectivity index (χ0) is 39.4.